The van der Waals surface area contributed by atoms with E-state index >= 15 is 0 Å². The number of aromatic nitrogens is 1. The molecule has 4 rings (SSSR count). The van der Waals surface area contributed by atoms with Gasteiger partial charge < -0.3 is 14.5 Å². The van der Waals surface area contributed by atoms with Gasteiger partial charge in [-0.1, -0.05) is 12.8 Å². The van der Waals surface area contributed by atoms with Crippen molar-refractivity contribution < 1.29 is 22.4 Å². The number of nitrogens with one attached hydrogen (secondary N) is 2. The Kier molecular flexibility index (Phi) is 5.48. The van der Waals surface area contributed by atoms with E-state index in [1.807, 2.05) is 0 Å². The highest BCUT2D eigenvalue weighted by Gasteiger charge is 2.26. The quantitative estimate of drug-likeness (QED) is 0.619. The Morgan fingerprint density at radius 2 is 1.93 bits per heavy atom. The third kappa shape index (κ3) is 4.17. The first kappa shape index (κ1) is 20.4. The molecule has 0 radical (unpaired) electrons. The first-order valence-corrected chi connectivity index (χ1v) is 11.2. The zero-order chi connectivity index (χ0) is 21.3. The van der Waals surface area contributed by atoms with Crippen LogP contribution < -0.4 is 14.8 Å². The Labute approximate surface area is 174 Å². The number of hydrogen-bond acceptors (Lipinski definition) is 6. The Bertz CT molecular complexity index is 1200. The Balaban J connectivity index is 1.60. The van der Waals surface area contributed by atoms with Crippen molar-refractivity contribution in [2.24, 2.45) is 0 Å². The van der Waals surface area contributed by atoms with Gasteiger partial charge in [0.1, 0.15) is 16.2 Å². The van der Waals surface area contributed by atoms with E-state index in [0.717, 1.165) is 25.7 Å². The first-order chi connectivity index (χ1) is 14.4. The van der Waals surface area contributed by atoms with Crippen molar-refractivity contribution in [1.82, 2.24) is 9.71 Å². The fourth-order valence-electron chi connectivity index (χ4n) is 3.68. The minimum Gasteiger partial charge on any atom is -0.495 e. The SMILES string of the molecule is COc1ccc(C(=O)Nc2ccc3oc(C)nc3c2)cc1S(=O)(=O)NC1CCCC1. The molecule has 2 N–H and O–H groups in total. The van der Waals surface area contributed by atoms with Crippen LogP contribution >= 0.6 is 0 Å². The molecule has 0 unspecified atom stereocenters. The molecule has 1 aliphatic rings. The number of anilines is 1. The van der Waals surface area contributed by atoms with Crippen LogP contribution in [0.3, 0.4) is 0 Å². The molecular formula is C21H23N3O5S. The van der Waals surface area contributed by atoms with E-state index in [9.17, 15) is 13.2 Å². The Morgan fingerprint density at radius 1 is 1.17 bits per heavy atom. The maximum Gasteiger partial charge on any atom is 0.255 e. The summed E-state index contributed by atoms with van der Waals surface area (Å²) in [6, 6.07) is 9.39. The van der Waals surface area contributed by atoms with E-state index in [0.29, 0.717) is 22.7 Å². The van der Waals surface area contributed by atoms with Gasteiger partial charge in [-0.2, -0.15) is 0 Å². The summed E-state index contributed by atoms with van der Waals surface area (Å²) in [4.78, 5) is 17.0. The van der Waals surface area contributed by atoms with Crippen LogP contribution in [0.1, 0.15) is 41.9 Å². The predicted molar refractivity (Wildman–Crippen MR) is 112 cm³/mol. The third-order valence-electron chi connectivity index (χ3n) is 5.14. The van der Waals surface area contributed by atoms with Crippen LogP contribution in [0.15, 0.2) is 45.7 Å². The van der Waals surface area contributed by atoms with Gasteiger partial charge in [0.25, 0.3) is 5.91 Å². The van der Waals surface area contributed by atoms with E-state index in [1.54, 1.807) is 25.1 Å². The average molecular weight is 429 g/mol. The lowest BCUT2D eigenvalue weighted by Crippen LogP contribution is -2.33. The molecule has 30 heavy (non-hydrogen) atoms. The number of benzene rings is 2. The van der Waals surface area contributed by atoms with Gasteiger partial charge >= 0.3 is 0 Å². The van der Waals surface area contributed by atoms with E-state index in [-0.39, 0.29) is 22.3 Å². The molecule has 1 aromatic heterocycles. The summed E-state index contributed by atoms with van der Waals surface area (Å²) < 4.78 is 39.2. The normalized spacial score (nSPS) is 14.9. The van der Waals surface area contributed by atoms with Gasteiger partial charge in [-0.25, -0.2) is 18.1 Å². The molecule has 3 aromatic rings. The monoisotopic (exact) mass is 429 g/mol. The highest BCUT2D eigenvalue weighted by atomic mass is 32.2. The molecular weight excluding hydrogens is 406 g/mol. The summed E-state index contributed by atoms with van der Waals surface area (Å²) in [6.07, 6.45) is 3.63. The zero-order valence-electron chi connectivity index (χ0n) is 16.8. The van der Waals surface area contributed by atoms with Gasteiger partial charge in [0.15, 0.2) is 11.5 Å². The van der Waals surface area contributed by atoms with E-state index in [2.05, 4.69) is 15.0 Å². The number of fused-ring (bicyclic) bond motifs is 1. The highest BCUT2D eigenvalue weighted by Crippen LogP contribution is 2.28. The van der Waals surface area contributed by atoms with Crippen LogP contribution in [-0.4, -0.2) is 32.5 Å². The minimum atomic E-state index is -3.82. The number of sulfonamides is 1. The van der Waals surface area contributed by atoms with E-state index in [1.165, 1.54) is 25.3 Å². The number of aryl methyl sites for hydroxylation is 1. The smallest absolute Gasteiger partial charge is 0.255 e. The predicted octanol–water partition coefficient (Wildman–Crippen LogP) is 3.62. The largest absolute Gasteiger partial charge is 0.495 e. The molecule has 158 valence electrons. The molecule has 0 aliphatic heterocycles. The Morgan fingerprint density at radius 3 is 2.67 bits per heavy atom. The van der Waals surface area contributed by atoms with Crippen molar-refractivity contribution in [3.05, 3.63) is 47.9 Å². The van der Waals surface area contributed by atoms with Gasteiger partial charge in [0, 0.05) is 24.2 Å². The standard InChI is InChI=1S/C21H23N3O5S/c1-13-22-17-12-16(8-10-18(17)29-13)23-21(25)14-7-9-19(28-2)20(11-14)30(26,27)24-15-5-3-4-6-15/h7-12,15,24H,3-6H2,1-2H3,(H,23,25). The first-order valence-electron chi connectivity index (χ1n) is 9.74. The molecule has 9 heteroatoms. The fraction of sp³-hybridized carbons (Fsp3) is 0.333. The summed E-state index contributed by atoms with van der Waals surface area (Å²) in [5.41, 5.74) is 1.99. The second-order valence-electron chi connectivity index (χ2n) is 7.34. The number of nitrogens with zero attached hydrogens (tertiary/aromatic N) is 1. The number of rotatable bonds is 6. The number of amides is 1. The molecule has 1 heterocycles. The number of oxazole rings is 1. The third-order valence-corrected chi connectivity index (χ3v) is 6.69. The lowest BCUT2D eigenvalue weighted by Gasteiger charge is -2.15. The van der Waals surface area contributed by atoms with Crippen LogP contribution in [0, 0.1) is 6.92 Å². The van der Waals surface area contributed by atoms with Crippen molar-refractivity contribution >= 4 is 32.7 Å². The molecule has 1 fully saturated rings. The van der Waals surface area contributed by atoms with Crippen molar-refractivity contribution in [1.29, 1.82) is 0 Å². The topological polar surface area (TPSA) is 111 Å². The lowest BCUT2D eigenvalue weighted by molar-refractivity contribution is 0.102. The van der Waals surface area contributed by atoms with Crippen LogP contribution in [0.25, 0.3) is 11.1 Å². The number of carbonyl (C=O) groups excluding carboxylic acids is 1. The summed E-state index contributed by atoms with van der Waals surface area (Å²) in [7, 11) is -2.42. The van der Waals surface area contributed by atoms with Gasteiger partial charge in [-0.05, 0) is 49.2 Å². The average Bonchev–Trinajstić information content (AvgIpc) is 3.35. The highest BCUT2D eigenvalue weighted by molar-refractivity contribution is 7.89. The summed E-state index contributed by atoms with van der Waals surface area (Å²) in [5, 5.41) is 2.77. The molecule has 1 saturated carbocycles. The molecule has 0 atom stereocenters. The number of methoxy groups -OCH3 is 1. The fourth-order valence-corrected chi connectivity index (χ4v) is 5.18. The van der Waals surface area contributed by atoms with Crippen molar-refractivity contribution in [3.63, 3.8) is 0 Å². The van der Waals surface area contributed by atoms with Crippen LogP contribution in [0.5, 0.6) is 5.75 Å². The second-order valence-corrected chi connectivity index (χ2v) is 9.02. The second kappa shape index (κ2) is 8.08. The summed E-state index contributed by atoms with van der Waals surface area (Å²) in [5.74, 6) is 0.291. The number of ether oxygens (including phenoxy) is 1. The van der Waals surface area contributed by atoms with Crippen LogP contribution in [0.4, 0.5) is 5.69 Å². The molecule has 8 nitrogen and oxygen atoms in total. The van der Waals surface area contributed by atoms with Crippen molar-refractivity contribution in [2.75, 3.05) is 12.4 Å². The van der Waals surface area contributed by atoms with Gasteiger partial charge in [0.05, 0.1) is 7.11 Å². The molecule has 0 spiro atoms. The molecule has 0 bridgehead atoms. The molecule has 0 saturated heterocycles. The van der Waals surface area contributed by atoms with Crippen LogP contribution in [0.2, 0.25) is 0 Å². The van der Waals surface area contributed by atoms with Crippen molar-refractivity contribution in [2.45, 2.75) is 43.5 Å². The van der Waals surface area contributed by atoms with Crippen molar-refractivity contribution in [3.8, 4) is 5.75 Å². The lowest BCUT2D eigenvalue weighted by atomic mass is 10.2. The van der Waals surface area contributed by atoms with E-state index < -0.39 is 15.9 Å². The Hall–Kier alpha value is -2.91. The maximum absolute atomic E-state index is 12.9. The van der Waals surface area contributed by atoms with Crippen LogP contribution in [-0.2, 0) is 10.0 Å². The maximum atomic E-state index is 12.9. The molecule has 1 aliphatic carbocycles. The van der Waals surface area contributed by atoms with Gasteiger partial charge in [0.2, 0.25) is 10.0 Å². The van der Waals surface area contributed by atoms with Gasteiger partial charge in [-0.15, -0.1) is 0 Å². The molecule has 1 amide bonds. The number of hydrogen-bond donors (Lipinski definition) is 2. The zero-order valence-corrected chi connectivity index (χ0v) is 17.6. The van der Waals surface area contributed by atoms with E-state index in [4.69, 9.17) is 9.15 Å². The summed E-state index contributed by atoms with van der Waals surface area (Å²) >= 11 is 0. The summed E-state index contributed by atoms with van der Waals surface area (Å²) in [6.45, 7) is 1.75. The molecule has 2 aromatic carbocycles. The number of carbonyl (C=O) groups is 1. The minimum absolute atomic E-state index is 0.0490. The van der Waals surface area contributed by atoms with Gasteiger partial charge in [-0.3, -0.25) is 4.79 Å².